The second-order valence-electron chi connectivity index (χ2n) is 3.60. The zero-order valence-corrected chi connectivity index (χ0v) is 10.5. The lowest BCUT2D eigenvalue weighted by molar-refractivity contribution is 0.312. The first-order valence-electron chi connectivity index (χ1n) is 4.91. The summed E-state index contributed by atoms with van der Waals surface area (Å²) in [4.78, 5) is 10.7. The van der Waals surface area contributed by atoms with Crippen molar-refractivity contribution in [1.82, 2.24) is 14.9 Å². The van der Waals surface area contributed by atoms with Crippen LogP contribution < -0.4 is 0 Å². The van der Waals surface area contributed by atoms with E-state index in [0.29, 0.717) is 5.15 Å². The molecular formula is C11H12ClN3S. The molecule has 0 N–H and O–H groups in total. The summed E-state index contributed by atoms with van der Waals surface area (Å²) in [5.41, 5.74) is 3.92. The summed E-state index contributed by atoms with van der Waals surface area (Å²) >= 11 is 7.45. The third kappa shape index (κ3) is 3.27. The summed E-state index contributed by atoms with van der Waals surface area (Å²) in [5, 5.41) is 2.60. The van der Waals surface area contributed by atoms with E-state index in [1.54, 1.807) is 17.4 Å². The van der Waals surface area contributed by atoms with E-state index in [1.807, 2.05) is 24.7 Å². The number of aromatic nitrogens is 2. The van der Waals surface area contributed by atoms with Gasteiger partial charge in [-0.05, 0) is 19.2 Å². The minimum absolute atomic E-state index is 0.541. The average molecular weight is 254 g/mol. The van der Waals surface area contributed by atoms with Crippen LogP contribution in [0.3, 0.4) is 0 Å². The number of hydrogen-bond acceptors (Lipinski definition) is 4. The highest BCUT2D eigenvalue weighted by atomic mass is 35.5. The van der Waals surface area contributed by atoms with Crippen LogP contribution in [0.25, 0.3) is 0 Å². The van der Waals surface area contributed by atoms with Crippen molar-refractivity contribution in [3.05, 3.63) is 45.6 Å². The molecule has 0 spiro atoms. The predicted molar refractivity (Wildman–Crippen MR) is 66.5 cm³/mol. The Labute approximate surface area is 104 Å². The summed E-state index contributed by atoms with van der Waals surface area (Å²) in [6, 6.07) is 5.68. The lowest BCUT2D eigenvalue weighted by atomic mass is 10.3. The van der Waals surface area contributed by atoms with Gasteiger partial charge in [0.05, 0.1) is 16.9 Å². The van der Waals surface area contributed by atoms with Crippen LogP contribution in [0.15, 0.2) is 29.1 Å². The molecule has 0 atom stereocenters. The van der Waals surface area contributed by atoms with Crippen molar-refractivity contribution in [2.75, 3.05) is 7.05 Å². The topological polar surface area (TPSA) is 29.0 Å². The molecule has 0 unspecified atom stereocenters. The summed E-state index contributed by atoms with van der Waals surface area (Å²) in [6.07, 6.45) is 0. The van der Waals surface area contributed by atoms with Crippen molar-refractivity contribution < 1.29 is 0 Å². The highest BCUT2D eigenvalue weighted by Crippen LogP contribution is 2.09. The van der Waals surface area contributed by atoms with Crippen LogP contribution in [0, 0.1) is 0 Å². The molecule has 2 aromatic heterocycles. The fourth-order valence-electron chi connectivity index (χ4n) is 1.46. The van der Waals surface area contributed by atoms with Crippen LogP contribution in [-0.4, -0.2) is 21.9 Å². The van der Waals surface area contributed by atoms with E-state index >= 15 is 0 Å². The van der Waals surface area contributed by atoms with Gasteiger partial charge in [0, 0.05) is 18.5 Å². The quantitative estimate of drug-likeness (QED) is 0.785. The molecule has 3 nitrogen and oxygen atoms in total. The van der Waals surface area contributed by atoms with Gasteiger partial charge >= 0.3 is 0 Å². The number of rotatable bonds is 4. The molecule has 0 fully saturated rings. The second kappa shape index (κ2) is 5.39. The van der Waals surface area contributed by atoms with Gasteiger partial charge in [0.1, 0.15) is 5.15 Å². The van der Waals surface area contributed by atoms with Gasteiger partial charge in [-0.1, -0.05) is 17.7 Å². The Kier molecular flexibility index (Phi) is 3.88. The molecule has 0 radical (unpaired) electrons. The number of halogens is 1. The maximum Gasteiger partial charge on any atom is 0.129 e. The SMILES string of the molecule is CN(Cc1cscn1)Cc1cccc(Cl)n1. The van der Waals surface area contributed by atoms with Crippen LogP contribution in [0.5, 0.6) is 0 Å². The highest BCUT2D eigenvalue weighted by Gasteiger charge is 2.04. The first kappa shape index (κ1) is 11.5. The molecule has 0 saturated carbocycles. The van der Waals surface area contributed by atoms with Gasteiger partial charge in [0.2, 0.25) is 0 Å². The largest absolute Gasteiger partial charge is 0.295 e. The Bertz CT molecular complexity index is 444. The monoisotopic (exact) mass is 253 g/mol. The van der Waals surface area contributed by atoms with Gasteiger partial charge in [0.15, 0.2) is 0 Å². The van der Waals surface area contributed by atoms with E-state index in [9.17, 15) is 0 Å². The number of nitrogens with zero attached hydrogens (tertiary/aromatic N) is 3. The molecule has 0 saturated heterocycles. The van der Waals surface area contributed by atoms with Gasteiger partial charge in [-0.15, -0.1) is 11.3 Å². The Morgan fingerprint density at radius 1 is 1.31 bits per heavy atom. The van der Waals surface area contributed by atoms with E-state index < -0.39 is 0 Å². The first-order chi connectivity index (χ1) is 7.74. The van der Waals surface area contributed by atoms with E-state index in [1.165, 1.54) is 0 Å². The van der Waals surface area contributed by atoms with Gasteiger partial charge < -0.3 is 0 Å². The molecule has 5 heteroatoms. The Balaban J connectivity index is 1.94. The molecule has 0 amide bonds. The standard InChI is InChI=1S/C11H12ClN3S/c1-15(6-10-7-16-8-13-10)5-9-3-2-4-11(12)14-9/h2-4,7-8H,5-6H2,1H3. The molecule has 2 rings (SSSR count). The van der Waals surface area contributed by atoms with Crippen molar-refractivity contribution >= 4 is 22.9 Å². The minimum atomic E-state index is 0.541. The molecule has 2 aromatic rings. The fourth-order valence-corrected chi connectivity index (χ4v) is 2.19. The third-order valence-electron chi connectivity index (χ3n) is 2.12. The van der Waals surface area contributed by atoms with Crippen LogP contribution in [0.2, 0.25) is 5.15 Å². The highest BCUT2D eigenvalue weighted by molar-refractivity contribution is 7.07. The molecule has 2 heterocycles. The van der Waals surface area contributed by atoms with Crippen LogP contribution in [0.4, 0.5) is 0 Å². The molecule has 0 aliphatic heterocycles. The number of hydrogen-bond donors (Lipinski definition) is 0. The fraction of sp³-hybridized carbons (Fsp3) is 0.273. The summed E-state index contributed by atoms with van der Waals surface area (Å²) in [7, 11) is 2.04. The van der Waals surface area contributed by atoms with E-state index in [4.69, 9.17) is 11.6 Å². The lowest BCUT2D eigenvalue weighted by Gasteiger charge is -2.14. The van der Waals surface area contributed by atoms with Crippen molar-refractivity contribution in [3.8, 4) is 0 Å². The maximum atomic E-state index is 5.83. The summed E-state index contributed by atoms with van der Waals surface area (Å²) in [6.45, 7) is 1.61. The van der Waals surface area contributed by atoms with Gasteiger partial charge in [-0.25, -0.2) is 9.97 Å². The van der Waals surface area contributed by atoms with Crippen molar-refractivity contribution in [2.45, 2.75) is 13.1 Å². The van der Waals surface area contributed by atoms with Gasteiger partial charge in [-0.2, -0.15) is 0 Å². The molecule has 16 heavy (non-hydrogen) atoms. The van der Waals surface area contributed by atoms with E-state index in [0.717, 1.165) is 24.5 Å². The van der Waals surface area contributed by atoms with Crippen LogP contribution >= 0.6 is 22.9 Å². The molecule has 84 valence electrons. The predicted octanol–water partition coefficient (Wildman–Crippen LogP) is 2.82. The Morgan fingerprint density at radius 2 is 2.12 bits per heavy atom. The minimum Gasteiger partial charge on any atom is -0.295 e. The maximum absolute atomic E-state index is 5.83. The smallest absolute Gasteiger partial charge is 0.129 e. The van der Waals surface area contributed by atoms with E-state index in [-0.39, 0.29) is 0 Å². The summed E-state index contributed by atoms with van der Waals surface area (Å²) in [5.74, 6) is 0. The molecule has 0 aliphatic rings. The Hall–Kier alpha value is -0.970. The zero-order valence-electron chi connectivity index (χ0n) is 8.93. The molecule has 0 aromatic carbocycles. The number of pyridine rings is 1. The molecule has 0 bridgehead atoms. The lowest BCUT2D eigenvalue weighted by Crippen LogP contribution is -2.18. The van der Waals surface area contributed by atoms with E-state index in [2.05, 4.69) is 20.2 Å². The molecule has 0 aliphatic carbocycles. The average Bonchev–Trinajstić information content (AvgIpc) is 2.70. The number of thiazole rings is 1. The van der Waals surface area contributed by atoms with Gasteiger partial charge in [0.25, 0.3) is 0 Å². The van der Waals surface area contributed by atoms with Crippen molar-refractivity contribution in [3.63, 3.8) is 0 Å². The molecular weight excluding hydrogens is 242 g/mol. The second-order valence-corrected chi connectivity index (χ2v) is 4.71. The van der Waals surface area contributed by atoms with Crippen molar-refractivity contribution in [2.24, 2.45) is 0 Å². The zero-order chi connectivity index (χ0) is 11.4. The van der Waals surface area contributed by atoms with Crippen molar-refractivity contribution in [1.29, 1.82) is 0 Å². The normalized spacial score (nSPS) is 10.9. The van der Waals surface area contributed by atoms with Gasteiger partial charge in [-0.3, -0.25) is 4.90 Å². The summed E-state index contributed by atoms with van der Waals surface area (Å²) < 4.78 is 0. The Morgan fingerprint density at radius 3 is 2.81 bits per heavy atom. The van der Waals surface area contributed by atoms with Crippen LogP contribution in [-0.2, 0) is 13.1 Å². The van der Waals surface area contributed by atoms with Crippen LogP contribution in [0.1, 0.15) is 11.4 Å². The first-order valence-corrected chi connectivity index (χ1v) is 6.23. The third-order valence-corrected chi connectivity index (χ3v) is 2.97.